The Hall–Kier alpha value is -1.30. The standard InChI is InChI=1S/C12H19NO2/c1-5-6-9(8-13)7-10(11(14)15)12(2,3)4/h7,10H,5-6H2,1-4H3,(H,14,15)/b9-7+. The summed E-state index contributed by atoms with van der Waals surface area (Å²) in [4.78, 5) is 11.0. The third kappa shape index (κ3) is 4.64. The number of hydrogen-bond donors (Lipinski definition) is 1. The van der Waals surface area contributed by atoms with Crippen molar-refractivity contribution in [2.75, 3.05) is 0 Å². The summed E-state index contributed by atoms with van der Waals surface area (Å²) in [5.41, 5.74) is 0.210. The van der Waals surface area contributed by atoms with Crippen LogP contribution in [-0.4, -0.2) is 11.1 Å². The van der Waals surface area contributed by atoms with Gasteiger partial charge in [-0.2, -0.15) is 5.26 Å². The molecule has 0 spiro atoms. The molecular formula is C12H19NO2. The molecule has 0 fully saturated rings. The van der Waals surface area contributed by atoms with Gasteiger partial charge in [0, 0.05) is 5.57 Å². The van der Waals surface area contributed by atoms with Crippen LogP contribution in [-0.2, 0) is 4.79 Å². The summed E-state index contributed by atoms with van der Waals surface area (Å²) in [6.07, 6.45) is 3.10. The van der Waals surface area contributed by atoms with E-state index in [2.05, 4.69) is 6.07 Å². The number of allylic oxidation sites excluding steroid dienone is 1. The summed E-state index contributed by atoms with van der Waals surface area (Å²) >= 11 is 0. The van der Waals surface area contributed by atoms with Crippen molar-refractivity contribution >= 4 is 5.97 Å². The Morgan fingerprint density at radius 1 is 1.53 bits per heavy atom. The lowest BCUT2D eigenvalue weighted by Gasteiger charge is -2.24. The van der Waals surface area contributed by atoms with Crippen LogP contribution in [0.4, 0.5) is 0 Å². The lowest BCUT2D eigenvalue weighted by Crippen LogP contribution is -2.26. The molecule has 0 rings (SSSR count). The fraction of sp³-hybridized carbons (Fsp3) is 0.667. The highest BCUT2D eigenvalue weighted by Crippen LogP contribution is 2.28. The van der Waals surface area contributed by atoms with E-state index < -0.39 is 11.9 Å². The van der Waals surface area contributed by atoms with Gasteiger partial charge in [0.05, 0.1) is 12.0 Å². The van der Waals surface area contributed by atoms with Crippen LogP contribution in [0.5, 0.6) is 0 Å². The second-order valence-corrected chi connectivity index (χ2v) is 4.74. The smallest absolute Gasteiger partial charge is 0.310 e. The molecule has 3 nitrogen and oxygen atoms in total. The fourth-order valence-electron chi connectivity index (χ4n) is 1.34. The number of rotatable bonds is 4. The van der Waals surface area contributed by atoms with Crippen molar-refractivity contribution in [2.24, 2.45) is 11.3 Å². The normalized spacial score (nSPS) is 14.5. The molecule has 1 N–H and O–H groups in total. The summed E-state index contributed by atoms with van der Waals surface area (Å²) in [6, 6.07) is 2.06. The molecule has 0 saturated heterocycles. The highest BCUT2D eigenvalue weighted by molar-refractivity contribution is 5.73. The first-order chi connectivity index (χ1) is 6.82. The van der Waals surface area contributed by atoms with E-state index in [1.54, 1.807) is 6.08 Å². The van der Waals surface area contributed by atoms with Gasteiger partial charge in [0.1, 0.15) is 0 Å². The van der Waals surface area contributed by atoms with E-state index in [0.717, 1.165) is 6.42 Å². The average Bonchev–Trinajstić information content (AvgIpc) is 2.09. The average molecular weight is 209 g/mol. The van der Waals surface area contributed by atoms with Crippen molar-refractivity contribution in [2.45, 2.75) is 40.5 Å². The summed E-state index contributed by atoms with van der Waals surface area (Å²) in [5, 5.41) is 17.9. The van der Waals surface area contributed by atoms with Gasteiger partial charge in [0.2, 0.25) is 0 Å². The molecule has 0 aromatic carbocycles. The van der Waals surface area contributed by atoms with E-state index in [-0.39, 0.29) is 5.41 Å². The predicted octanol–water partition coefficient (Wildman–Crippen LogP) is 2.98. The van der Waals surface area contributed by atoms with Gasteiger partial charge in [-0.15, -0.1) is 0 Å². The number of aliphatic carboxylic acids is 1. The number of carboxylic acid groups (broad SMARTS) is 1. The molecule has 1 atom stereocenters. The minimum atomic E-state index is -0.869. The summed E-state index contributed by atoms with van der Waals surface area (Å²) < 4.78 is 0. The minimum absolute atomic E-state index is 0.359. The predicted molar refractivity (Wildman–Crippen MR) is 59.2 cm³/mol. The number of nitrogens with zero attached hydrogens (tertiary/aromatic N) is 1. The van der Waals surface area contributed by atoms with Crippen molar-refractivity contribution in [3.05, 3.63) is 11.6 Å². The van der Waals surface area contributed by atoms with E-state index in [1.165, 1.54) is 0 Å². The minimum Gasteiger partial charge on any atom is -0.481 e. The molecular weight excluding hydrogens is 190 g/mol. The number of nitriles is 1. The van der Waals surface area contributed by atoms with Crippen molar-refractivity contribution in [3.8, 4) is 6.07 Å². The lowest BCUT2D eigenvalue weighted by atomic mass is 9.79. The fourth-order valence-corrected chi connectivity index (χ4v) is 1.34. The SMILES string of the molecule is CCC/C(C#N)=C\C(C(=O)O)C(C)(C)C. The van der Waals surface area contributed by atoms with E-state index in [4.69, 9.17) is 10.4 Å². The maximum absolute atomic E-state index is 11.0. The van der Waals surface area contributed by atoms with Crippen molar-refractivity contribution in [1.82, 2.24) is 0 Å². The first kappa shape index (κ1) is 13.7. The van der Waals surface area contributed by atoms with Crippen LogP contribution in [0, 0.1) is 22.7 Å². The molecule has 0 bridgehead atoms. The van der Waals surface area contributed by atoms with Crippen LogP contribution >= 0.6 is 0 Å². The zero-order chi connectivity index (χ0) is 12.1. The Morgan fingerprint density at radius 3 is 2.33 bits per heavy atom. The molecule has 15 heavy (non-hydrogen) atoms. The van der Waals surface area contributed by atoms with Crippen LogP contribution in [0.25, 0.3) is 0 Å². The highest BCUT2D eigenvalue weighted by atomic mass is 16.4. The van der Waals surface area contributed by atoms with E-state index >= 15 is 0 Å². The number of carboxylic acids is 1. The molecule has 0 aromatic heterocycles. The van der Waals surface area contributed by atoms with Crippen LogP contribution in [0.1, 0.15) is 40.5 Å². The third-order valence-electron chi connectivity index (χ3n) is 2.23. The first-order valence-electron chi connectivity index (χ1n) is 5.16. The molecule has 0 radical (unpaired) electrons. The van der Waals surface area contributed by atoms with Gasteiger partial charge in [-0.25, -0.2) is 0 Å². The Balaban J connectivity index is 4.97. The monoisotopic (exact) mass is 209 g/mol. The molecule has 0 aliphatic carbocycles. The van der Waals surface area contributed by atoms with E-state index in [1.807, 2.05) is 27.7 Å². The van der Waals surface area contributed by atoms with Gasteiger partial charge in [0.25, 0.3) is 0 Å². The molecule has 0 amide bonds. The maximum atomic E-state index is 11.0. The molecule has 0 aliphatic heterocycles. The van der Waals surface area contributed by atoms with Gasteiger partial charge < -0.3 is 5.11 Å². The molecule has 0 aromatic rings. The van der Waals surface area contributed by atoms with Gasteiger partial charge in [-0.1, -0.05) is 40.2 Å². The summed E-state index contributed by atoms with van der Waals surface area (Å²) in [7, 11) is 0. The van der Waals surface area contributed by atoms with E-state index in [9.17, 15) is 4.79 Å². The quantitative estimate of drug-likeness (QED) is 0.724. The molecule has 3 heteroatoms. The molecule has 0 heterocycles. The largest absolute Gasteiger partial charge is 0.481 e. The van der Waals surface area contributed by atoms with Crippen LogP contribution < -0.4 is 0 Å². The van der Waals surface area contributed by atoms with Crippen molar-refractivity contribution in [1.29, 1.82) is 5.26 Å². The topological polar surface area (TPSA) is 61.1 Å². The van der Waals surface area contributed by atoms with Crippen LogP contribution in [0.2, 0.25) is 0 Å². The Bertz CT molecular complexity index is 292. The number of carbonyl (C=O) groups is 1. The highest BCUT2D eigenvalue weighted by Gasteiger charge is 2.29. The second kappa shape index (κ2) is 5.55. The zero-order valence-electron chi connectivity index (χ0n) is 9.87. The Kier molecular flexibility index (Phi) is 5.07. The molecule has 84 valence electrons. The van der Waals surface area contributed by atoms with Crippen molar-refractivity contribution < 1.29 is 9.90 Å². The van der Waals surface area contributed by atoms with Crippen LogP contribution in [0.3, 0.4) is 0 Å². The van der Waals surface area contributed by atoms with Gasteiger partial charge in [0.15, 0.2) is 0 Å². The zero-order valence-corrected chi connectivity index (χ0v) is 9.87. The van der Waals surface area contributed by atoms with Gasteiger partial charge in [-0.05, 0) is 11.8 Å². The number of hydrogen-bond acceptors (Lipinski definition) is 2. The maximum Gasteiger partial charge on any atom is 0.310 e. The summed E-state index contributed by atoms with van der Waals surface area (Å²) in [5.74, 6) is -1.47. The van der Waals surface area contributed by atoms with Gasteiger partial charge in [-0.3, -0.25) is 4.79 Å². The first-order valence-corrected chi connectivity index (χ1v) is 5.16. The van der Waals surface area contributed by atoms with E-state index in [0.29, 0.717) is 12.0 Å². The molecule has 0 saturated carbocycles. The summed E-state index contributed by atoms with van der Waals surface area (Å²) in [6.45, 7) is 7.56. The molecule has 0 aliphatic rings. The third-order valence-corrected chi connectivity index (χ3v) is 2.23. The van der Waals surface area contributed by atoms with Gasteiger partial charge >= 0.3 is 5.97 Å². The Labute approximate surface area is 91.4 Å². The Morgan fingerprint density at radius 2 is 2.07 bits per heavy atom. The van der Waals surface area contributed by atoms with Crippen LogP contribution in [0.15, 0.2) is 11.6 Å². The molecule has 1 unspecified atom stereocenters. The second-order valence-electron chi connectivity index (χ2n) is 4.74. The van der Waals surface area contributed by atoms with Crippen molar-refractivity contribution in [3.63, 3.8) is 0 Å². The lowest BCUT2D eigenvalue weighted by molar-refractivity contribution is -0.143.